The quantitative estimate of drug-likeness (QED) is 0.672. The van der Waals surface area contributed by atoms with Crippen molar-refractivity contribution in [3.8, 4) is 0 Å². The normalized spacial score (nSPS) is 12.5. The fraction of sp³-hybridized carbons (Fsp3) is 0.462. The molecular formula is C13H19FN2O3. The van der Waals surface area contributed by atoms with Gasteiger partial charge in [0, 0.05) is 18.8 Å². The molecular weight excluding hydrogens is 251 g/mol. The van der Waals surface area contributed by atoms with Crippen LogP contribution in [0.1, 0.15) is 6.92 Å². The molecule has 5 nitrogen and oxygen atoms in total. The molecule has 0 bridgehead atoms. The maximum atomic E-state index is 12.7. The van der Waals surface area contributed by atoms with E-state index in [4.69, 9.17) is 5.11 Å². The highest BCUT2D eigenvalue weighted by Gasteiger charge is 2.12. The first-order valence-corrected chi connectivity index (χ1v) is 6.08. The standard InChI is InChI=1S/C13H19FN2O3/c1-10(18)8-16(6-7-17)9-13(19)15-12-4-2-11(14)3-5-12/h2-5,10,17-18H,6-9H2,1H3,(H,15,19). The molecule has 1 aromatic carbocycles. The van der Waals surface area contributed by atoms with Crippen molar-refractivity contribution in [2.24, 2.45) is 0 Å². The number of nitrogens with one attached hydrogen (secondary N) is 1. The highest BCUT2D eigenvalue weighted by Crippen LogP contribution is 2.08. The van der Waals surface area contributed by atoms with E-state index in [-0.39, 0.29) is 24.9 Å². The lowest BCUT2D eigenvalue weighted by Crippen LogP contribution is -2.39. The molecule has 3 N–H and O–H groups in total. The van der Waals surface area contributed by atoms with E-state index < -0.39 is 6.10 Å². The minimum Gasteiger partial charge on any atom is -0.395 e. The molecule has 0 saturated heterocycles. The maximum absolute atomic E-state index is 12.7. The van der Waals surface area contributed by atoms with Crippen LogP contribution in [-0.4, -0.2) is 53.4 Å². The van der Waals surface area contributed by atoms with E-state index in [2.05, 4.69) is 5.32 Å². The molecule has 0 aliphatic carbocycles. The van der Waals surface area contributed by atoms with Gasteiger partial charge in [0.15, 0.2) is 0 Å². The first-order valence-electron chi connectivity index (χ1n) is 6.08. The van der Waals surface area contributed by atoms with Gasteiger partial charge in [-0.05, 0) is 31.2 Å². The third-order valence-corrected chi connectivity index (χ3v) is 2.43. The Hall–Kier alpha value is -1.50. The molecule has 0 radical (unpaired) electrons. The lowest BCUT2D eigenvalue weighted by atomic mass is 10.3. The molecule has 1 amide bonds. The Bertz CT molecular complexity index is 395. The van der Waals surface area contributed by atoms with Crippen molar-refractivity contribution in [1.82, 2.24) is 4.90 Å². The van der Waals surface area contributed by atoms with Gasteiger partial charge in [-0.25, -0.2) is 4.39 Å². The molecule has 0 heterocycles. The van der Waals surface area contributed by atoms with Crippen molar-refractivity contribution in [1.29, 1.82) is 0 Å². The number of hydrogen-bond donors (Lipinski definition) is 3. The number of halogens is 1. The molecule has 0 aromatic heterocycles. The summed E-state index contributed by atoms with van der Waals surface area (Å²) < 4.78 is 12.7. The Kier molecular flexibility index (Phi) is 6.41. The van der Waals surface area contributed by atoms with Gasteiger partial charge < -0.3 is 15.5 Å². The van der Waals surface area contributed by atoms with E-state index in [9.17, 15) is 14.3 Å². The molecule has 1 aromatic rings. The summed E-state index contributed by atoms with van der Waals surface area (Å²) in [7, 11) is 0. The van der Waals surface area contributed by atoms with E-state index in [0.29, 0.717) is 18.8 Å². The average Bonchev–Trinajstić information content (AvgIpc) is 2.31. The Labute approximate surface area is 111 Å². The topological polar surface area (TPSA) is 72.8 Å². The zero-order valence-corrected chi connectivity index (χ0v) is 10.8. The number of carbonyl (C=O) groups excluding carboxylic acids is 1. The summed E-state index contributed by atoms with van der Waals surface area (Å²) in [6.45, 7) is 2.20. The molecule has 0 aliphatic heterocycles. The van der Waals surface area contributed by atoms with Crippen molar-refractivity contribution in [3.05, 3.63) is 30.1 Å². The minimum absolute atomic E-state index is 0.0584. The van der Waals surface area contributed by atoms with Gasteiger partial charge in [0.2, 0.25) is 5.91 Å². The number of rotatable bonds is 7. The van der Waals surface area contributed by atoms with E-state index in [1.807, 2.05) is 0 Å². The summed E-state index contributed by atoms with van der Waals surface area (Å²) in [6, 6.07) is 5.46. The first kappa shape index (κ1) is 15.6. The number of benzene rings is 1. The van der Waals surface area contributed by atoms with Crippen molar-refractivity contribution in [2.45, 2.75) is 13.0 Å². The van der Waals surface area contributed by atoms with Gasteiger partial charge in [-0.1, -0.05) is 0 Å². The summed E-state index contributed by atoms with van der Waals surface area (Å²) in [5, 5.41) is 20.8. The highest BCUT2D eigenvalue weighted by molar-refractivity contribution is 5.92. The Balaban J connectivity index is 2.49. The number of nitrogens with zero attached hydrogens (tertiary/aromatic N) is 1. The van der Waals surface area contributed by atoms with Gasteiger partial charge in [-0.3, -0.25) is 9.69 Å². The van der Waals surface area contributed by atoms with Crippen LogP contribution in [0.2, 0.25) is 0 Å². The van der Waals surface area contributed by atoms with E-state index in [1.54, 1.807) is 11.8 Å². The molecule has 0 spiro atoms. The molecule has 6 heteroatoms. The highest BCUT2D eigenvalue weighted by atomic mass is 19.1. The maximum Gasteiger partial charge on any atom is 0.238 e. The smallest absolute Gasteiger partial charge is 0.238 e. The van der Waals surface area contributed by atoms with Crippen LogP contribution >= 0.6 is 0 Å². The van der Waals surface area contributed by atoms with Crippen molar-refractivity contribution in [2.75, 3.05) is 31.6 Å². The SMILES string of the molecule is CC(O)CN(CCO)CC(=O)Nc1ccc(F)cc1. The Morgan fingerprint density at radius 1 is 1.42 bits per heavy atom. The lowest BCUT2D eigenvalue weighted by molar-refractivity contribution is -0.117. The fourth-order valence-corrected chi connectivity index (χ4v) is 1.69. The molecule has 0 aliphatic rings. The predicted molar refractivity (Wildman–Crippen MR) is 70.2 cm³/mol. The minimum atomic E-state index is -0.579. The van der Waals surface area contributed by atoms with Crippen LogP contribution in [0.4, 0.5) is 10.1 Å². The Morgan fingerprint density at radius 2 is 2.05 bits per heavy atom. The van der Waals surface area contributed by atoms with E-state index in [0.717, 1.165) is 0 Å². The van der Waals surface area contributed by atoms with Gasteiger partial charge in [-0.2, -0.15) is 0 Å². The number of carbonyl (C=O) groups is 1. The zero-order valence-electron chi connectivity index (χ0n) is 10.8. The van der Waals surface area contributed by atoms with E-state index >= 15 is 0 Å². The summed E-state index contributed by atoms with van der Waals surface area (Å²) >= 11 is 0. The Morgan fingerprint density at radius 3 is 2.58 bits per heavy atom. The monoisotopic (exact) mass is 270 g/mol. The summed E-state index contributed by atoms with van der Waals surface area (Å²) in [4.78, 5) is 13.4. The molecule has 0 saturated carbocycles. The van der Waals surface area contributed by atoms with Gasteiger partial charge in [0.05, 0.1) is 19.3 Å². The van der Waals surface area contributed by atoms with Crippen LogP contribution in [0.25, 0.3) is 0 Å². The zero-order chi connectivity index (χ0) is 14.3. The summed E-state index contributed by atoms with van der Waals surface area (Å²) in [5.41, 5.74) is 0.507. The molecule has 19 heavy (non-hydrogen) atoms. The van der Waals surface area contributed by atoms with Crippen LogP contribution < -0.4 is 5.32 Å². The van der Waals surface area contributed by atoms with Crippen LogP contribution in [0.5, 0.6) is 0 Å². The third kappa shape index (κ3) is 6.28. The van der Waals surface area contributed by atoms with Gasteiger partial charge in [0.1, 0.15) is 5.82 Å². The summed E-state index contributed by atoms with van der Waals surface area (Å²) in [6.07, 6.45) is -0.579. The second-order valence-electron chi connectivity index (χ2n) is 4.36. The number of aliphatic hydroxyl groups excluding tert-OH is 2. The molecule has 1 atom stereocenters. The lowest BCUT2D eigenvalue weighted by Gasteiger charge is -2.22. The van der Waals surface area contributed by atoms with Crippen molar-refractivity contribution >= 4 is 11.6 Å². The van der Waals surface area contributed by atoms with Gasteiger partial charge >= 0.3 is 0 Å². The number of aliphatic hydroxyl groups is 2. The first-order chi connectivity index (χ1) is 9.01. The van der Waals surface area contributed by atoms with Gasteiger partial charge in [-0.15, -0.1) is 0 Å². The van der Waals surface area contributed by atoms with Crippen molar-refractivity contribution in [3.63, 3.8) is 0 Å². The molecule has 106 valence electrons. The second-order valence-corrected chi connectivity index (χ2v) is 4.36. The predicted octanol–water partition coefficient (Wildman–Crippen LogP) is 0.439. The molecule has 0 fully saturated rings. The van der Waals surface area contributed by atoms with Crippen LogP contribution in [0, 0.1) is 5.82 Å². The van der Waals surface area contributed by atoms with Gasteiger partial charge in [0.25, 0.3) is 0 Å². The molecule has 1 unspecified atom stereocenters. The molecule has 1 rings (SSSR count). The average molecular weight is 270 g/mol. The third-order valence-electron chi connectivity index (χ3n) is 2.43. The fourth-order valence-electron chi connectivity index (χ4n) is 1.69. The number of hydrogen-bond acceptors (Lipinski definition) is 4. The van der Waals surface area contributed by atoms with Crippen LogP contribution in [0.15, 0.2) is 24.3 Å². The van der Waals surface area contributed by atoms with Crippen molar-refractivity contribution < 1.29 is 19.4 Å². The number of anilines is 1. The van der Waals surface area contributed by atoms with Crippen LogP contribution in [0.3, 0.4) is 0 Å². The second kappa shape index (κ2) is 7.83. The largest absolute Gasteiger partial charge is 0.395 e. The number of amides is 1. The summed E-state index contributed by atoms with van der Waals surface area (Å²) in [5.74, 6) is -0.644. The van der Waals surface area contributed by atoms with E-state index in [1.165, 1.54) is 24.3 Å². The van der Waals surface area contributed by atoms with Crippen LogP contribution in [-0.2, 0) is 4.79 Å².